The largest absolute Gasteiger partial charge is 0.493 e. The molecule has 146 valence electrons. The molecule has 1 amide bonds. The van der Waals surface area contributed by atoms with Gasteiger partial charge in [0.25, 0.3) is 5.91 Å². The number of hydrogen-bond acceptors (Lipinski definition) is 5. The Morgan fingerprint density at radius 2 is 1.89 bits per heavy atom. The Kier molecular flexibility index (Phi) is 7.46. The van der Waals surface area contributed by atoms with Crippen molar-refractivity contribution < 1.29 is 14.3 Å². The van der Waals surface area contributed by atoms with Crippen molar-refractivity contribution in [2.24, 2.45) is 0 Å². The zero-order valence-electron chi connectivity index (χ0n) is 16.7. The number of nitrogens with zero attached hydrogens (tertiary/aromatic N) is 2. The summed E-state index contributed by atoms with van der Waals surface area (Å²) in [5.41, 5.74) is 2.32. The number of nitriles is 1. The Hall–Kier alpha value is -3.46. The molecule has 1 N–H and O–H groups in total. The molecule has 0 aliphatic carbocycles. The maximum atomic E-state index is 12.5. The number of carbonyl (C=O) groups is 1. The van der Waals surface area contributed by atoms with Crippen molar-refractivity contribution in [3.63, 3.8) is 0 Å². The second-order valence-electron chi connectivity index (χ2n) is 6.32. The van der Waals surface area contributed by atoms with Crippen LogP contribution in [0.5, 0.6) is 11.5 Å². The monoisotopic (exact) mass is 379 g/mol. The SMILES string of the molecule is CCCOc1ccc(/C=C(/C#N)C(=O)Nc2ccc(N(C)C)cc2)cc1OC. The second-order valence-corrected chi connectivity index (χ2v) is 6.32. The summed E-state index contributed by atoms with van der Waals surface area (Å²) in [6.07, 6.45) is 2.41. The maximum absolute atomic E-state index is 12.5. The van der Waals surface area contributed by atoms with Gasteiger partial charge in [-0.15, -0.1) is 0 Å². The second kappa shape index (κ2) is 10.0. The first-order valence-electron chi connectivity index (χ1n) is 8.99. The molecule has 0 aliphatic heterocycles. The van der Waals surface area contributed by atoms with Crippen LogP contribution in [0.4, 0.5) is 11.4 Å². The van der Waals surface area contributed by atoms with E-state index in [1.54, 1.807) is 37.4 Å². The van der Waals surface area contributed by atoms with Crippen LogP contribution in [0.2, 0.25) is 0 Å². The molecule has 0 saturated carbocycles. The normalized spacial score (nSPS) is 10.8. The number of benzene rings is 2. The van der Waals surface area contributed by atoms with E-state index in [1.807, 2.05) is 44.1 Å². The molecule has 0 bridgehead atoms. The quantitative estimate of drug-likeness (QED) is 0.552. The number of ether oxygens (including phenoxy) is 2. The summed E-state index contributed by atoms with van der Waals surface area (Å²) < 4.78 is 11.0. The Morgan fingerprint density at radius 3 is 2.46 bits per heavy atom. The number of rotatable bonds is 8. The van der Waals surface area contributed by atoms with Gasteiger partial charge in [-0.1, -0.05) is 13.0 Å². The minimum Gasteiger partial charge on any atom is -0.493 e. The smallest absolute Gasteiger partial charge is 0.266 e. The predicted molar refractivity (Wildman–Crippen MR) is 112 cm³/mol. The van der Waals surface area contributed by atoms with Crippen LogP contribution in [0.1, 0.15) is 18.9 Å². The Morgan fingerprint density at radius 1 is 1.18 bits per heavy atom. The van der Waals surface area contributed by atoms with Crippen LogP contribution in [-0.4, -0.2) is 33.7 Å². The average Bonchev–Trinajstić information content (AvgIpc) is 2.71. The number of amides is 1. The van der Waals surface area contributed by atoms with Crippen molar-refractivity contribution >= 4 is 23.4 Å². The highest BCUT2D eigenvalue weighted by Gasteiger charge is 2.11. The van der Waals surface area contributed by atoms with Crippen LogP contribution in [-0.2, 0) is 4.79 Å². The van der Waals surface area contributed by atoms with Gasteiger partial charge in [-0.25, -0.2) is 0 Å². The fourth-order valence-electron chi connectivity index (χ4n) is 2.46. The maximum Gasteiger partial charge on any atom is 0.266 e. The van der Waals surface area contributed by atoms with Gasteiger partial charge in [0.05, 0.1) is 13.7 Å². The van der Waals surface area contributed by atoms with Crippen LogP contribution in [0.3, 0.4) is 0 Å². The average molecular weight is 379 g/mol. The van der Waals surface area contributed by atoms with Crippen molar-refractivity contribution in [1.82, 2.24) is 0 Å². The topological polar surface area (TPSA) is 74.6 Å². The molecule has 6 nitrogen and oxygen atoms in total. The molecule has 0 unspecified atom stereocenters. The summed E-state index contributed by atoms with van der Waals surface area (Å²) >= 11 is 0. The van der Waals surface area contributed by atoms with Crippen LogP contribution in [0.15, 0.2) is 48.0 Å². The van der Waals surface area contributed by atoms with E-state index in [2.05, 4.69) is 5.32 Å². The molecule has 6 heteroatoms. The zero-order valence-corrected chi connectivity index (χ0v) is 16.7. The Balaban J connectivity index is 2.18. The molecule has 0 saturated heterocycles. The number of carbonyl (C=O) groups excluding carboxylic acids is 1. The van der Waals surface area contributed by atoms with E-state index >= 15 is 0 Å². The molecule has 0 aromatic heterocycles. The van der Waals surface area contributed by atoms with E-state index in [1.165, 1.54) is 6.08 Å². The Bertz CT molecular complexity index is 881. The third-order valence-electron chi connectivity index (χ3n) is 3.97. The summed E-state index contributed by atoms with van der Waals surface area (Å²) in [5.74, 6) is 0.718. The molecular weight excluding hydrogens is 354 g/mol. The van der Waals surface area contributed by atoms with E-state index in [4.69, 9.17) is 9.47 Å². The van der Waals surface area contributed by atoms with Gasteiger partial charge in [-0.05, 0) is 54.5 Å². The van der Waals surface area contributed by atoms with Crippen molar-refractivity contribution in [2.45, 2.75) is 13.3 Å². The summed E-state index contributed by atoms with van der Waals surface area (Å²) in [7, 11) is 5.44. The summed E-state index contributed by atoms with van der Waals surface area (Å²) in [6, 6.07) is 14.6. The number of hydrogen-bond donors (Lipinski definition) is 1. The number of anilines is 2. The molecule has 0 atom stereocenters. The van der Waals surface area contributed by atoms with Crippen molar-refractivity contribution in [1.29, 1.82) is 5.26 Å². The van der Waals surface area contributed by atoms with Crippen molar-refractivity contribution in [3.8, 4) is 17.6 Å². The van der Waals surface area contributed by atoms with Crippen LogP contribution < -0.4 is 19.7 Å². The highest BCUT2D eigenvalue weighted by molar-refractivity contribution is 6.09. The van der Waals surface area contributed by atoms with E-state index in [-0.39, 0.29) is 5.57 Å². The molecule has 2 aromatic rings. The van der Waals surface area contributed by atoms with Gasteiger partial charge >= 0.3 is 0 Å². The van der Waals surface area contributed by atoms with Crippen LogP contribution >= 0.6 is 0 Å². The first kappa shape index (κ1) is 20.8. The van der Waals surface area contributed by atoms with Crippen LogP contribution in [0.25, 0.3) is 6.08 Å². The first-order chi connectivity index (χ1) is 13.5. The lowest BCUT2D eigenvalue weighted by atomic mass is 10.1. The molecule has 0 fully saturated rings. The minimum absolute atomic E-state index is 0.000894. The third-order valence-corrected chi connectivity index (χ3v) is 3.97. The van der Waals surface area contributed by atoms with Gasteiger partial charge in [0.15, 0.2) is 11.5 Å². The molecule has 0 heterocycles. The van der Waals surface area contributed by atoms with Gasteiger partial charge in [-0.2, -0.15) is 5.26 Å². The molecule has 2 aromatic carbocycles. The molecule has 2 rings (SSSR count). The molecule has 0 radical (unpaired) electrons. The third kappa shape index (κ3) is 5.52. The van der Waals surface area contributed by atoms with Gasteiger partial charge in [0.2, 0.25) is 0 Å². The highest BCUT2D eigenvalue weighted by atomic mass is 16.5. The lowest BCUT2D eigenvalue weighted by molar-refractivity contribution is -0.112. The minimum atomic E-state index is -0.467. The molecule has 0 aliphatic rings. The highest BCUT2D eigenvalue weighted by Crippen LogP contribution is 2.29. The molecule has 28 heavy (non-hydrogen) atoms. The first-order valence-corrected chi connectivity index (χ1v) is 8.99. The van der Waals surface area contributed by atoms with E-state index in [0.717, 1.165) is 12.1 Å². The van der Waals surface area contributed by atoms with Crippen molar-refractivity contribution in [2.75, 3.05) is 38.0 Å². The lowest BCUT2D eigenvalue weighted by Crippen LogP contribution is -2.14. The van der Waals surface area contributed by atoms with Gasteiger partial charge < -0.3 is 19.7 Å². The Labute approximate surface area is 166 Å². The standard InChI is InChI=1S/C22H25N3O3/c1-5-12-28-20-11-6-16(14-21(20)27-4)13-17(15-23)22(26)24-18-7-9-19(10-8-18)25(2)3/h6-11,13-14H,5,12H2,1-4H3,(H,24,26)/b17-13-. The van der Waals surface area contributed by atoms with Gasteiger partial charge in [-0.3, -0.25) is 4.79 Å². The fraction of sp³-hybridized carbons (Fsp3) is 0.273. The van der Waals surface area contributed by atoms with Crippen LogP contribution in [0, 0.1) is 11.3 Å². The summed E-state index contributed by atoms with van der Waals surface area (Å²) in [6.45, 7) is 2.61. The molecular formula is C22H25N3O3. The van der Waals surface area contributed by atoms with Crippen molar-refractivity contribution in [3.05, 3.63) is 53.6 Å². The van der Waals surface area contributed by atoms with E-state index < -0.39 is 5.91 Å². The fourth-order valence-corrected chi connectivity index (χ4v) is 2.46. The van der Waals surface area contributed by atoms with E-state index in [0.29, 0.717) is 29.4 Å². The molecule has 0 spiro atoms. The van der Waals surface area contributed by atoms with Gasteiger partial charge in [0.1, 0.15) is 11.6 Å². The predicted octanol–water partition coefficient (Wildman–Crippen LogP) is 4.10. The summed E-state index contributed by atoms with van der Waals surface area (Å²) in [4.78, 5) is 14.4. The summed E-state index contributed by atoms with van der Waals surface area (Å²) in [5, 5.41) is 12.2. The zero-order chi connectivity index (χ0) is 20.5. The van der Waals surface area contributed by atoms with Gasteiger partial charge in [0, 0.05) is 25.5 Å². The van der Waals surface area contributed by atoms with E-state index in [9.17, 15) is 10.1 Å². The number of nitrogens with one attached hydrogen (secondary N) is 1. The number of methoxy groups -OCH3 is 1. The lowest BCUT2D eigenvalue weighted by Gasteiger charge is -2.13.